The fourth-order valence-corrected chi connectivity index (χ4v) is 4.58. The van der Waals surface area contributed by atoms with E-state index in [-0.39, 0.29) is 11.5 Å². The normalized spacial score (nSPS) is 14.3. The minimum atomic E-state index is -0.199. The lowest BCUT2D eigenvalue weighted by Gasteiger charge is -2.36. The maximum absolute atomic E-state index is 13.2. The molecule has 5 rings (SSSR count). The van der Waals surface area contributed by atoms with Crippen LogP contribution in [0.3, 0.4) is 0 Å². The zero-order valence-corrected chi connectivity index (χ0v) is 19.0. The molecular weight excluding hydrogens is 420 g/mol. The van der Waals surface area contributed by atoms with Gasteiger partial charge in [0.2, 0.25) is 0 Å². The second-order valence-corrected chi connectivity index (χ2v) is 8.50. The van der Waals surface area contributed by atoms with Crippen LogP contribution >= 0.6 is 0 Å². The van der Waals surface area contributed by atoms with Crippen LogP contribution in [-0.2, 0) is 11.3 Å². The Balaban J connectivity index is 1.37. The van der Waals surface area contributed by atoms with E-state index in [2.05, 4.69) is 45.9 Å². The summed E-state index contributed by atoms with van der Waals surface area (Å²) in [6, 6.07) is 30.8. The monoisotopic (exact) mass is 446 g/mol. The van der Waals surface area contributed by atoms with Crippen LogP contribution in [0, 0.1) is 11.3 Å². The smallest absolute Gasteiger partial charge is 0.264 e. The van der Waals surface area contributed by atoms with E-state index < -0.39 is 0 Å². The van der Waals surface area contributed by atoms with Gasteiger partial charge >= 0.3 is 0 Å². The van der Waals surface area contributed by atoms with Gasteiger partial charge in [-0.25, -0.2) is 0 Å². The highest BCUT2D eigenvalue weighted by Gasteiger charge is 2.24. The molecule has 1 fully saturated rings. The lowest BCUT2D eigenvalue weighted by atomic mass is 10.1. The van der Waals surface area contributed by atoms with Crippen LogP contribution in [-0.4, -0.2) is 41.6 Å². The molecule has 1 aliphatic rings. The van der Waals surface area contributed by atoms with Gasteiger partial charge in [-0.05, 0) is 29.8 Å². The number of nitriles is 1. The van der Waals surface area contributed by atoms with Gasteiger partial charge in [-0.15, -0.1) is 0 Å². The van der Waals surface area contributed by atoms with E-state index in [4.69, 9.17) is 0 Å². The number of nitrogens with zero attached hydrogens (tertiary/aromatic N) is 4. The molecule has 2 heterocycles. The Kier molecular flexibility index (Phi) is 6.13. The number of hydrogen-bond donors (Lipinski definition) is 0. The summed E-state index contributed by atoms with van der Waals surface area (Å²) < 4.78 is 2.18. The first-order valence-electron chi connectivity index (χ1n) is 11.6. The lowest BCUT2D eigenvalue weighted by molar-refractivity contribution is -0.126. The molecule has 0 aliphatic carbocycles. The van der Waals surface area contributed by atoms with Crippen molar-refractivity contribution in [3.63, 3.8) is 0 Å². The van der Waals surface area contributed by atoms with Crippen molar-refractivity contribution in [2.24, 2.45) is 0 Å². The van der Waals surface area contributed by atoms with Crippen molar-refractivity contribution >= 4 is 28.6 Å². The van der Waals surface area contributed by atoms with E-state index in [1.807, 2.05) is 60.8 Å². The molecule has 1 aromatic heterocycles. The van der Waals surface area contributed by atoms with E-state index >= 15 is 0 Å². The molecule has 3 aromatic carbocycles. The third-order valence-electron chi connectivity index (χ3n) is 6.35. The van der Waals surface area contributed by atoms with E-state index in [9.17, 15) is 10.1 Å². The molecule has 0 radical (unpaired) electrons. The quantitative estimate of drug-likeness (QED) is 0.322. The first-order valence-corrected chi connectivity index (χ1v) is 11.6. The number of fused-ring (bicyclic) bond motifs is 1. The highest BCUT2D eigenvalue weighted by molar-refractivity contribution is 6.04. The zero-order valence-electron chi connectivity index (χ0n) is 19.0. The van der Waals surface area contributed by atoms with Crippen LogP contribution in [0.4, 0.5) is 5.69 Å². The molecule has 0 saturated carbocycles. The second kappa shape index (κ2) is 9.68. The van der Waals surface area contributed by atoms with Gasteiger partial charge in [0.05, 0.1) is 0 Å². The molecule has 0 unspecified atom stereocenters. The lowest BCUT2D eigenvalue weighted by Crippen LogP contribution is -2.49. The molecule has 0 N–H and O–H groups in total. The topological polar surface area (TPSA) is 52.3 Å². The van der Waals surface area contributed by atoms with Crippen molar-refractivity contribution in [3.05, 3.63) is 108 Å². The highest BCUT2D eigenvalue weighted by Crippen LogP contribution is 2.25. The predicted octanol–water partition coefficient (Wildman–Crippen LogP) is 4.95. The molecule has 0 spiro atoms. The van der Waals surface area contributed by atoms with E-state index in [0.717, 1.165) is 41.8 Å². The van der Waals surface area contributed by atoms with E-state index in [1.54, 1.807) is 11.0 Å². The number of benzene rings is 3. The van der Waals surface area contributed by atoms with Gasteiger partial charge in [0.25, 0.3) is 5.91 Å². The molecule has 5 nitrogen and oxygen atoms in total. The van der Waals surface area contributed by atoms with Gasteiger partial charge in [-0.1, -0.05) is 66.7 Å². The summed E-state index contributed by atoms with van der Waals surface area (Å²) in [5.41, 5.74) is 4.51. The van der Waals surface area contributed by atoms with Crippen molar-refractivity contribution in [1.82, 2.24) is 9.47 Å². The fraction of sp³-hybridized carbons (Fsp3) is 0.172. The zero-order chi connectivity index (χ0) is 23.3. The van der Waals surface area contributed by atoms with Crippen LogP contribution in [0.5, 0.6) is 0 Å². The Morgan fingerprint density at radius 2 is 1.50 bits per heavy atom. The van der Waals surface area contributed by atoms with Gasteiger partial charge in [0.15, 0.2) is 0 Å². The summed E-state index contributed by atoms with van der Waals surface area (Å²) in [5, 5.41) is 10.9. The van der Waals surface area contributed by atoms with Crippen molar-refractivity contribution in [2.45, 2.75) is 6.54 Å². The number of para-hydroxylation sites is 2. The second-order valence-electron chi connectivity index (χ2n) is 8.50. The standard InChI is InChI=1S/C29H26N4O/c30-20-24(29(34)32-17-15-31(16-18-32)26-11-5-2-6-12-26)19-25-22-33(21-23-9-3-1-4-10-23)28-14-8-7-13-27(25)28/h1-14,19,22H,15-18,21H2. The van der Waals surface area contributed by atoms with Gasteiger partial charge in [-0.2, -0.15) is 5.26 Å². The Morgan fingerprint density at radius 1 is 0.853 bits per heavy atom. The average Bonchev–Trinajstić information content (AvgIpc) is 3.25. The van der Waals surface area contributed by atoms with Gasteiger partial charge in [-0.3, -0.25) is 4.79 Å². The van der Waals surface area contributed by atoms with Gasteiger partial charge < -0.3 is 14.4 Å². The summed E-state index contributed by atoms with van der Waals surface area (Å²) in [5.74, 6) is -0.199. The van der Waals surface area contributed by atoms with Crippen LogP contribution in [0.1, 0.15) is 11.1 Å². The summed E-state index contributed by atoms with van der Waals surface area (Å²) in [6.45, 7) is 3.44. The molecular formula is C29H26N4O. The Hall–Kier alpha value is -4.30. The molecule has 5 heteroatoms. The molecule has 1 aliphatic heterocycles. The number of carbonyl (C=O) groups excluding carboxylic acids is 1. The number of hydrogen-bond acceptors (Lipinski definition) is 3. The maximum Gasteiger partial charge on any atom is 0.264 e. The molecule has 0 atom stereocenters. The van der Waals surface area contributed by atoms with Crippen molar-refractivity contribution in [1.29, 1.82) is 5.26 Å². The minimum absolute atomic E-state index is 0.177. The first kappa shape index (κ1) is 21.5. The number of aromatic nitrogens is 1. The Morgan fingerprint density at radius 3 is 2.21 bits per heavy atom. The average molecular weight is 447 g/mol. The molecule has 4 aromatic rings. The summed E-state index contributed by atoms with van der Waals surface area (Å²) in [4.78, 5) is 17.3. The third kappa shape index (κ3) is 4.44. The Bertz CT molecular complexity index is 1360. The predicted molar refractivity (Wildman–Crippen MR) is 136 cm³/mol. The van der Waals surface area contributed by atoms with Crippen molar-refractivity contribution in [2.75, 3.05) is 31.1 Å². The number of carbonyl (C=O) groups is 1. The van der Waals surface area contributed by atoms with E-state index in [0.29, 0.717) is 13.1 Å². The molecule has 34 heavy (non-hydrogen) atoms. The number of amides is 1. The van der Waals surface area contributed by atoms with Crippen LogP contribution in [0.15, 0.2) is 96.7 Å². The number of rotatable bonds is 5. The minimum Gasteiger partial charge on any atom is -0.368 e. The summed E-state index contributed by atoms with van der Waals surface area (Å²) in [6.07, 6.45) is 3.78. The third-order valence-corrected chi connectivity index (χ3v) is 6.35. The first-order chi connectivity index (χ1) is 16.7. The fourth-order valence-electron chi connectivity index (χ4n) is 4.58. The van der Waals surface area contributed by atoms with Crippen molar-refractivity contribution in [3.8, 4) is 6.07 Å². The number of anilines is 1. The van der Waals surface area contributed by atoms with E-state index in [1.165, 1.54) is 5.56 Å². The highest BCUT2D eigenvalue weighted by atomic mass is 16.2. The van der Waals surface area contributed by atoms with Gasteiger partial charge in [0, 0.05) is 61.1 Å². The van der Waals surface area contributed by atoms with Crippen LogP contribution in [0.25, 0.3) is 17.0 Å². The maximum atomic E-state index is 13.2. The molecule has 168 valence electrons. The van der Waals surface area contributed by atoms with Crippen molar-refractivity contribution < 1.29 is 4.79 Å². The van der Waals surface area contributed by atoms with Crippen LogP contribution in [0.2, 0.25) is 0 Å². The summed E-state index contributed by atoms with van der Waals surface area (Å²) >= 11 is 0. The molecule has 1 saturated heterocycles. The van der Waals surface area contributed by atoms with Gasteiger partial charge in [0.1, 0.15) is 11.6 Å². The number of piperazine rings is 1. The SMILES string of the molecule is N#CC(=Cc1cn(Cc2ccccc2)c2ccccc12)C(=O)N1CCN(c2ccccc2)CC1. The largest absolute Gasteiger partial charge is 0.368 e. The Labute approximate surface area is 199 Å². The molecule has 0 bridgehead atoms. The molecule has 1 amide bonds. The van der Waals surface area contributed by atoms with Crippen LogP contribution < -0.4 is 4.90 Å². The summed E-state index contributed by atoms with van der Waals surface area (Å²) in [7, 11) is 0.